The first kappa shape index (κ1) is 8.79. The highest BCUT2D eigenvalue weighted by Gasteiger charge is 2.24. The maximum Gasteiger partial charge on any atom is 0.101 e. The molecule has 0 aromatic carbocycles. The lowest BCUT2D eigenvalue weighted by molar-refractivity contribution is 0.391. The second-order valence-electron chi connectivity index (χ2n) is 4.09. The number of aliphatic imine (C=N–C) groups is 1. The van der Waals surface area contributed by atoms with Crippen LogP contribution in [-0.2, 0) is 0 Å². The van der Waals surface area contributed by atoms with E-state index in [1.807, 2.05) is 0 Å². The highest BCUT2D eigenvalue weighted by molar-refractivity contribution is 5.83. The third-order valence-corrected chi connectivity index (χ3v) is 3.22. The van der Waals surface area contributed by atoms with Crippen molar-refractivity contribution in [1.29, 1.82) is 0 Å². The van der Waals surface area contributed by atoms with Gasteiger partial charge in [0.15, 0.2) is 0 Å². The molecule has 1 unspecified atom stereocenters. The van der Waals surface area contributed by atoms with E-state index in [1.165, 1.54) is 37.2 Å². The molecule has 2 heterocycles. The summed E-state index contributed by atoms with van der Waals surface area (Å²) in [7, 11) is 0. The summed E-state index contributed by atoms with van der Waals surface area (Å²) in [5, 5.41) is 0. The quantitative estimate of drug-likeness (QED) is 0.556. The predicted molar refractivity (Wildman–Crippen MR) is 55.8 cm³/mol. The monoisotopic (exact) mass is 178 g/mol. The van der Waals surface area contributed by atoms with Crippen molar-refractivity contribution in [2.45, 2.75) is 46.1 Å². The van der Waals surface area contributed by atoms with Gasteiger partial charge in [0.2, 0.25) is 0 Å². The molecule has 0 saturated carbocycles. The second kappa shape index (κ2) is 3.17. The van der Waals surface area contributed by atoms with Crippen molar-refractivity contribution in [2.24, 2.45) is 4.99 Å². The van der Waals surface area contributed by atoms with Crippen molar-refractivity contribution in [3.63, 3.8) is 0 Å². The van der Waals surface area contributed by atoms with Crippen LogP contribution in [0.2, 0.25) is 0 Å². The molecule has 0 N–H and O–H groups in total. The zero-order chi connectivity index (χ0) is 9.42. The molecule has 72 valence electrons. The molecule has 2 heteroatoms. The lowest BCUT2D eigenvalue weighted by Crippen LogP contribution is -2.37. The Hall–Kier alpha value is -0.790. The average Bonchev–Trinajstić information content (AvgIpc) is 2.15. The number of hydrogen-bond donors (Lipinski definition) is 0. The van der Waals surface area contributed by atoms with Gasteiger partial charge in [-0.15, -0.1) is 0 Å². The first-order valence-corrected chi connectivity index (χ1v) is 5.21. The van der Waals surface area contributed by atoms with Gasteiger partial charge in [0.25, 0.3) is 0 Å². The highest BCUT2D eigenvalue weighted by atomic mass is 15.2. The van der Waals surface area contributed by atoms with E-state index < -0.39 is 0 Å². The lowest BCUT2D eigenvalue weighted by atomic mass is 9.97. The van der Waals surface area contributed by atoms with Crippen molar-refractivity contribution in [2.75, 3.05) is 6.54 Å². The van der Waals surface area contributed by atoms with Crippen molar-refractivity contribution in [3.05, 3.63) is 11.3 Å². The molecule has 0 spiro atoms. The van der Waals surface area contributed by atoms with E-state index in [-0.39, 0.29) is 0 Å². The number of piperidine rings is 1. The number of amidine groups is 1. The van der Waals surface area contributed by atoms with E-state index in [9.17, 15) is 0 Å². The number of fused-ring (bicyclic) bond motifs is 1. The first-order chi connectivity index (χ1) is 6.20. The van der Waals surface area contributed by atoms with Crippen LogP contribution in [0, 0.1) is 0 Å². The third kappa shape index (κ3) is 1.38. The topological polar surface area (TPSA) is 15.6 Å². The second-order valence-corrected chi connectivity index (χ2v) is 4.09. The van der Waals surface area contributed by atoms with Gasteiger partial charge in [0.1, 0.15) is 5.84 Å². The minimum absolute atomic E-state index is 0.407. The van der Waals surface area contributed by atoms with Gasteiger partial charge in [0, 0.05) is 12.2 Å². The zero-order valence-electron chi connectivity index (χ0n) is 8.80. The number of nitrogens with zero attached hydrogens (tertiary/aromatic N) is 2. The molecule has 0 aromatic heterocycles. The Kier molecular flexibility index (Phi) is 2.14. The summed E-state index contributed by atoms with van der Waals surface area (Å²) in [5.74, 6) is 1.22. The van der Waals surface area contributed by atoms with Crippen LogP contribution < -0.4 is 0 Å². The molecule has 2 aliphatic heterocycles. The van der Waals surface area contributed by atoms with Crippen molar-refractivity contribution in [1.82, 2.24) is 4.90 Å². The molecule has 0 bridgehead atoms. The van der Waals surface area contributed by atoms with Crippen LogP contribution in [0.1, 0.15) is 40.0 Å². The summed E-state index contributed by atoms with van der Waals surface area (Å²) < 4.78 is 0. The van der Waals surface area contributed by atoms with Crippen LogP contribution in [-0.4, -0.2) is 23.3 Å². The fraction of sp³-hybridized carbons (Fsp3) is 0.727. The van der Waals surface area contributed by atoms with E-state index in [0.29, 0.717) is 6.04 Å². The molecule has 2 rings (SSSR count). The molecule has 1 atom stereocenters. The molecule has 0 aromatic rings. The van der Waals surface area contributed by atoms with Gasteiger partial charge in [-0.1, -0.05) is 0 Å². The van der Waals surface area contributed by atoms with Crippen molar-refractivity contribution >= 4 is 5.84 Å². The third-order valence-electron chi connectivity index (χ3n) is 3.22. The van der Waals surface area contributed by atoms with Gasteiger partial charge in [-0.25, -0.2) is 0 Å². The molecule has 1 fully saturated rings. The molecule has 2 nitrogen and oxygen atoms in total. The molecule has 2 aliphatic rings. The normalized spacial score (nSPS) is 28.7. The molecule has 13 heavy (non-hydrogen) atoms. The highest BCUT2D eigenvalue weighted by Crippen LogP contribution is 2.29. The number of allylic oxidation sites excluding steroid dienone is 1. The van der Waals surface area contributed by atoms with Crippen LogP contribution in [0.15, 0.2) is 16.3 Å². The molecule has 0 amide bonds. The van der Waals surface area contributed by atoms with Gasteiger partial charge in [-0.05, 0) is 45.6 Å². The van der Waals surface area contributed by atoms with Crippen molar-refractivity contribution < 1.29 is 0 Å². The Labute approximate surface area is 80.3 Å². The first-order valence-electron chi connectivity index (χ1n) is 5.21. The fourth-order valence-electron chi connectivity index (χ4n) is 2.29. The Bertz CT molecular complexity index is 276. The molecule has 0 radical (unpaired) electrons. The van der Waals surface area contributed by atoms with Crippen LogP contribution in [0.4, 0.5) is 0 Å². The average molecular weight is 178 g/mol. The largest absolute Gasteiger partial charge is 0.334 e. The SMILES string of the molecule is CC1=NC(C)C(C)=C2CCCCN12. The number of hydrogen-bond acceptors (Lipinski definition) is 2. The van der Waals surface area contributed by atoms with Crippen LogP contribution in [0.25, 0.3) is 0 Å². The van der Waals surface area contributed by atoms with Gasteiger partial charge < -0.3 is 4.90 Å². The Morgan fingerprint density at radius 1 is 1.31 bits per heavy atom. The van der Waals surface area contributed by atoms with Gasteiger partial charge >= 0.3 is 0 Å². The van der Waals surface area contributed by atoms with E-state index in [1.54, 1.807) is 5.70 Å². The van der Waals surface area contributed by atoms with Gasteiger partial charge in [0.05, 0.1) is 6.04 Å². The lowest BCUT2D eigenvalue weighted by Gasteiger charge is -2.37. The Morgan fingerprint density at radius 2 is 2.08 bits per heavy atom. The molecular weight excluding hydrogens is 160 g/mol. The fourth-order valence-corrected chi connectivity index (χ4v) is 2.29. The predicted octanol–water partition coefficient (Wildman–Crippen LogP) is 2.57. The van der Waals surface area contributed by atoms with Crippen LogP contribution in [0.3, 0.4) is 0 Å². The maximum atomic E-state index is 4.63. The number of rotatable bonds is 0. The smallest absolute Gasteiger partial charge is 0.101 e. The minimum atomic E-state index is 0.407. The summed E-state index contributed by atoms with van der Waals surface area (Å²) >= 11 is 0. The summed E-state index contributed by atoms with van der Waals surface area (Å²) in [6.45, 7) is 7.73. The molecule has 1 saturated heterocycles. The zero-order valence-corrected chi connectivity index (χ0v) is 8.80. The standard InChI is InChI=1S/C11H18N2/c1-8-9(2)12-10(3)13-7-5-4-6-11(8)13/h9H,4-7H2,1-3H3. The van der Waals surface area contributed by atoms with Gasteiger partial charge in [-0.3, -0.25) is 4.99 Å². The summed E-state index contributed by atoms with van der Waals surface area (Å²) in [6, 6.07) is 0.407. The van der Waals surface area contributed by atoms with E-state index in [0.717, 1.165) is 0 Å². The Morgan fingerprint density at radius 3 is 2.85 bits per heavy atom. The van der Waals surface area contributed by atoms with Crippen LogP contribution in [0.5, 0.6) is 0 Å². The van der Waals surface area contributed by atoms with Crippen molar-refractivity contribution in [3.8, 4) is 0 Å². The molecule has 0 aliphatic carbocycles. The maximum absolute atomic E-state index is 4.63. The Balaban J connectivity index is 2.33. The van der Waals surface area contributed by atoms with Gasteiger partial charge in [-0.2, -0.15) is 0 Å². The van der Waals surface area contributed by atoms with E-state index in [4.69, 9.17) is 0 Å². The summed E-state index contributed by atoms with van der Waals surface area (Å²) in [5.41, 5.74) is 3.02. The minimum Gasteiger partial charge on any atom is -0.334 e. The van der Waals surface area contributed by atoms with E-state index >= 15 is 0 Å². The van der Waals surface area contributed by atoms with Crippen LogP contribution >= 0.6 is 0 Å². The molecular formula is C11H18N2. The summed E-state index contributed by atoms with van der Waals surface area (Å²) in [6.07, 6.45) is 3.92. The summed E-state index contributed by atoms with van der Waals surface area (Å²) in [4.78, 5) is 7.03. The van der Waals surface area contributed by atoms with E-state index in [2.05, 4.69) is 30.7 Å².